The summed E-state index contributed by atoms with van der Waals surface area (Å²) >= 11 is 0. The van der Waals surface area contributed by atoms with Crippen LogP contribution in [0, 0.1) is 10.1 Å². The molecule has 2 rings (SSSR count). The van der Waals surface area contributed by atoms with Crippen LogP contribution in [0.5, 0.6) is 17.2 Å². The number of piperidine rings is 1. The van der Waals surface area contributed by atoms with Gasteiger partial charge >= 0.3 is 0 Å². The number of methoxy groups -OCH3 is 3. The molecule has 0 radical (unpaired) electrons. The van der Waals surface area contributed by atoms with Crippen molar-refractivity contribution in [1.82, 2.24) is 5.32 Å². The number of ether oxygens (including phenoxy) is 3. The van der Waals surface area contributed by atoms with Gasteiger partial charge in [0.1, 0.15) is 11.8 Å². The number of benzene rings is 1. The highest BCUT2D eigenvalue weighted by Gasteiger charge is 2.40. The van der Waals surface area contributed by atoms with Crippen molar-refractivity contribution in [1.29, 1.82) is 0 Å². The smallest absolute Gasteiger partial charge is 0.237 e. The van der Waals surface area contributed by atoms with Crippen molar-refractivity contribution in [3.63, 3.8) is 0 Å². The van der Waals surface area contributed by atoms with Gasteiger partial charge in [-0.2, -0.15) is 0 Å². The normalized spacial score (nSPS) is 21.0. The number of nitrogens with one attached hydrogen (secondary N) is 1. The van der Waals surface area contributed by atoms with Crippen molar-refractivity contribution in [2.45, 2.75) is 24.9 Å². The molecule has 0 spiro atoms. The monoisotopic (exact) mass is 310 g/mol. The van der Waals surface area contributed by atoms with Gasteiger partial charge in [0.25, 0.3) is 0 Å². The van der Waals surface area contributed by atoms with E-state index in [2.05, 4.69) is 5.32 Å². The number of hydrogen-bond acceptors (Lipinski definition) is 6. The number of hydrogen-bond donors (Lipinski definition) is 1. The SMILES string of the molecule is COc1cc(OC)c([C@@H]2NC(=O)CC[C@H]2[N+](=O)[O-])cc1OC. The van der Waals surface area contributed by atoms with Gasteiger partial charge in [-0.1, -0.05) is 0 Å². The maximum Gasteiger partial charge on any atom is 0.237 e. The second kappa shape index (κ2) is 6.50. The lowest BCUT2D eigenvalue weighted by Crippen LogP contribution is -2.45. The molecule has 0 bridgehead atoms. The number of nitrogens with zero attached hydrogens (tertiary/aromatic N) is 1. The van der Waals surface area contributed by atoms with Crippen LogP contribution < -0.4 is 19.5 Å². The summed E-state index contributed by atoms with van der Waals surface area (Å²) in [4.78, 5) is 22.6. The molecule has 1 heterocycles. The lowest BCUT2D eigenvalue weighted by molar-refractivity contribution is -0.529. The van der Waals surface area contributed by atoms with E-state index in [4.69, 9.17) is 14.2 Å². The minimum Gasteiger partial charge on any atom is -0.496 e. The summed E-state index contributed by atoms with van der Waals surface area (Å²) in [5, 5.41) is 14.0. The molecule has 120 valence electrons. The highest BCUT2D eigenvalue weighted by atomic mass is 16.6. The standard InChI is InChI=1S/C14H18N2O6/c1-20-10-7-12(22-3)11(21-2)6-8(10)14-9(16(18)19)4-5-13(17)15-14/h6-7,9,14H,4-5H2,1-3H3,(H,15,17)/t9-,14+/m1/s1. The van der Waals surface area contributed by atoms with Crippen molar-refractivity contribution in [2.24, 2.45) is 0 Å². The minimum absolute atomic E-state index is 0.137. The lowest BCUT2D eigenvalue weighted by atomic mass is 9.91. The third-order valence-electron chi connectivity index (χ3n) is 3.71. The summed E-state index contributed by atoms with van der Waals surface area (Å²) in [7, 11) is 4.41. The van der Waals surface area contributed by atoms with E-state index >= 15 is 0 Å². The molecule has 1 N–H and O–H groups in total. The molecule has 8 nitrogen and oxygen atoms in total. The molecule has 1 aromatic rings. The number of carbonyl (C=O) groups excluding carboxylic acids is 1. The van der Waals surface area contributed by atoms with Gasteiger partial charge in [-0.3, -0.25) is 14.9 Å². The zero-order valence-corrected chi connectivity index (χ0v) is 12.6. The topological polar surface area (TPSA) is 99.9 Å². The molecule has 1 aliphatic heterocycles. The van der Waals surface area contributed by atoms with Gasteiger partial charge in [0.15, 0.2) is 11.5 Å². The van der Waals surface area contributed by atoms with Crippen LogP contribution in [0.2, 0.25) is 0 Å². The molecule has 1 amide bonds. The van der Waals surface area contributed by atoms with Crippen LogP contribution in [0.4, 0.5) is 0 Å². The fourth-order valence-corrected chi connectivity index (χ4v) is 2.60. The van der Waals surface area contributed by atoms with E-state index < -0.39 is 12.1 Å². The van der Waals surface area contributed by atoms with Gasteiger partial charge in [-0.25, -0.2) is 0 Å². The predicted molar refractivity (Wildman–Crippen MR) is 77.0 cm³/mol. The van der Waals surface area contributed by atoms with E-state index in [0.717, 1.165) is 0 Å². The zero-order chi connectivity index (χ0) is 16.3. The Kier molecular flexibility index (Phi) is 4.69. The number of nitro groups is 1. The van der Waals surface area contributed by atoms with Crippen LogP contribution in [0.25, 0.3) is 0 Å². The Morgan fingerprint density at radius 2 is 1.73 bits per heavy atom. The lowest BCUT2D eigenvalue weighted by Gasteiger charge is -2.28. The molecule has 8 heteroatoms. The van der Waals surface area contributed by atoms with Gasteiger partial charge in [0.2, 0.25) is 11.9 Å². The minimum atomic E-state index is -0.912. The van der Waals surface area contributed by atoms with Crippen LogP contribution in [-0.2, 0) is 4.79 Å². The van der Waals surface area contributed by atoms with Crippen molar-refractivity contribution in [2.75, 3.05) is 21.3 Å². The fraction of sp³-hybridized carbons (Fsp3) is 0.500. The van der Waals surface area contributed by atoms with Crippen molar-refractivity contribution in [3.05, 3.63) is 27.8 Å². The Morgan fingerprint density at radius 1 is 1.14 bits per heavy atom. The van der Waals surface area contributed by atoms with Gasteiger partial charge in [-0.15, -0.1) is 0 Å². The van der Waals surface area contributed by atoms with E-state index in [1.807, 2.05) is 0 Å². The van der Waals surface area contributed by atoms with E-state index in [9.17, 15) is 14.9 Å². The summed E-state index contributed by atoms with van der Waals surface area (Å²) < 4.78 is 15.7. The summed E-state index contributed by atoms with van der Waals surface area (Å²) in [6.07, 6.45) is 0.318. The maximum atomic E-state index is 11.7. The molecule has 0 aromatic heterocycles. The quantitative estimate of drug-likeness (QED) is 0.650. The van der Waals surface area contributed by atoms with Gasteiger partial charge in [0.05, 0.1) is 21.3 Å². The van der Waals surface area contributed by atoms with Gasteiger partial charge in [-0.05, 0) is 6.07 Å². The molecule has 2 atom stereocenters. The Balaban J connectivity index is 2.52. The van der Waals surface area contributed by atoms with Crippen molar-refractivity contribution in [3.8, 4) is 17.2 Å². The van der Waals surface area contributed by atoms with Gasteiger partial charge in [0, 0.05) is 29.4 Å². The average Bonchev–Trinajstić information content (AvgIpc) is 2.52. The highest BCUT2D eigenvalue weighted by Crippen LogP contribution is 2.40. The highest BCUT2D eigenvalue weighted by molar-refractivity contribution is 5.77. The van der Waals surface area contributed by atoms with Crippen molar-refractivity contribution < 1.29 is 23.9 Å². The van der Waals surface area contributed by atoms with Crippen LogP contribution in [0.15, 0.2) is 12.1 Å². The Bertz CT molecular complexity index is 589. The summed E-state index contributed by atoms with van der Waals surface area (Å²) in [6, 6.07) is 1.51. The molecule has 1 fully saturated rings. The third kappa shape index (κ3) is 2.90. The largest absolute Gasteiger partial charge is 0.496 e. The first-order valence-electron chi connectivity index (χ1n) is 6.74. The molecule has 0 unspecified atom stereocenters. The van der Waals surface area contributed by atoms with Crippen molar-refractivity contribution >= 4 is 5.91 Å². The Hall–Kier alpha value is -2.51. The second-order valence-corrected chi connectivity index (χ2v) is 4.89. The Labute approximate surface area is 127 Å². The maximum absolute atomic E-state index is 11.7. The first-order chi connectivity index (χ1) is 10.5. The van der Waals surface area contributed by atoms with E-state index in [1.165, 1.54) is 21.3 Å². The van der Waals surface area contributed by atoms with Crippen LogP contribution in [0.3, 0.4) is 0 Å². The molecule has 1 saturated heterocycles. The third-order valence-corrected chi connectivity index (χ3v) is 3.71. The fourth-order valence-electron chi connectivity index (χ4n) is 2.60. The van der Waals surface area contributed by atoms with Crippen LogP contribution >= 0.6 is 0 Å². The van der Waals surface area contributed by atoms with E-state index in [-0.39, 0.29) is 23.7 Å². The molecule has 1 aliphatic rings. The number of carbonyl (C=O) groups is 1. The second-order valence-electron chi connectivity index (χ2n) is 4.89. The predicted octanol–water partition coefficient (Wildman–Crippen LogP) is 1.31. The number of amides is 1. The molecule has 1 aromatic carbocycles. The molecule has 22 heavy (non-hydrogen) atoms. The zero-order valence-electron chi connectivity index (χ0n) is 12.6. The van der Waals surface area contributed by atoms with E-state index in [1.54, 1.807) is 12.1 Å². The molecular weight excluding hydrogens is 292 g/mol. The van der Waals surface area contributed by atoms with Gasteiger partial charge < -0.3 is 19.5 Å². The number of rotatable bonds is 5. The summed E-state index contributed by atoms with van der Waals surface area (Å²) in [5.41, 5.74) is 0.495. The first kappa shape index (κ1) is 15.9. The molecular formula is C14H18N2O6. The Morgan fingerprint density at radius 3 is 2.27 bits per heavy atom. The van der Waals surface area contributed by atoms with E-state index in [0.29, 0.717) is 22.8 Å². The molecule has 0 saturated carbocycles. The van der Waals surface area contributed by atoms with Crippen LogP contribution in [0.1, 0.15) is 24.4 Å². The summed E-state index contributed by atoms with van der Waals surface area (Å²) in [6.45, 7) is 0. The average molecular weight is 310 g/mol. The molecule has 0 aliphatic carbocycles. The summed E-state index contributed by atoms with van der Waals surface area (Å²) in [5.74, 6) is 1.04. The first-order valence-corrected chi connectivity index (χ1v) is 6.74. The van der Waals surface area contributed by atoms with Crippen LogP contribution in [-0.4, -0.2) is 38.2 Å².